The topological polar surface area (TPSA) is 38.3 Å². The monoisotopic (exact) mass is 275 g/mol. The van der Waals surface area contributed by atoms with Gasteiger partial charge >= 0.3 is 0 Å². The molecule has 0 unspecified atom stereocenters. The van der Waals surface area contributed by atoms with Gasteiger partial charge in [-0.2, -0.15) is 0 Å². The molecule has 0 aromatic heterocycles. The van der Waals surface area contributed by atoms with Crippen molar-refractivity contribution in [3.8, 4) is 5.75 Å². The molecule has 0 aliphatic heterocycles. The summed E-state index contributed by atoms with van der Waals surface area (Å²) in [4.78, 5) is 12.2. The van der Waals surface area contributed by atoms with Crippen molar-refractivity contribution < 1.29 is 9.53 Å². The zero-order valence-corrected chi connectivity index (χ0v) is 11.3. The van der Waals surface area contributed by atoms with Crippen molar-refractivity contribution in [2.75, 3.05) is 11.9 Å². The lowest BCUT2D eigenvalue weighted by molar-refractivity contribution is 0.102. The first kappa shape index (κ1) is 13.4. The van der Waals surface area contributed by atoms with Crippen LogP contribution in [0.1, 0.15) is 17.3 Å². The number of para-hydroxylation sites is 1. The molecule has 1 N–H and O–H groups in total. The van der Waals surface area contributed by atoms with Gasteiger partial charge in [-0.05, 0) is 37.3 Å². The molecule has 0 aliphatic rings. The summed E-state index contributed by atoms with van der Waals surface area (Å²) in [7, 11) is 0. The first-order valence-electron chi connectivity index (χ1n) is 5.99. The van der Waals surface area contributed by atoms with Crippen LogP contribution < -0.4 is 10.1 Å². The molecule has 0 bridgehead atoms. The number of carbonyl (C=O) groups is 1. The molecule has 0 fully saturated rings. The Hall–Kier alpha value is -2.00. The standard InChI is InChI=1S/C15H14ClNO2/c1-2-19-14-9-4-3-8-13(14)15(18)17-12-7-5-6-11(16)10-12/h3-10H,2H2,1H3,(H,17,18). The molecule has 19 heavy (non-hydrogen) atoms. The van der Waals surface area contributed by atoms with Gasteiger partial charge in [-0.15, -0.1) is 0 Å². The fraction of sp³-hybridized carbons (Fsp3) is 0.133. The number of rotatable bonds is 4. The summed E-state index contributed by atoms with van der Waals surface area (Å²) in [5, 5.41) is 3.37. The average Bonchev–Trinajstić information content (AvgIpc) is 2.39. The van der Waals surface area contributed by atoms with Gasteiger partial charge in [0.25, 0.3) is 5.91 Å². The van der Waals surface area contributed by atoms with Gasteiger partial charge in [-0.3, -0.25) is 4.79 Å². The zero-order valence-electron chi connectivity index (χ0n) is 10.5. The summed E-state index contributed by atoms with van der Waals surface area (Å²) >= 11 is 5.88. The number of benzene rings is 2. The Morgan fingerprint density at radius 2 is 2.00 bits per heavy atom. The van der Waals surface area contributed by atoms with Gasteiger partial charge in [0.2, 0.25) is 0 Å². The Balaban J connectivity index is 2.20. The minimum absolute atomic E-state index is 0.216. The normalized spacial score (nSPS) is 10.0. The first-order valence-corrected chi connectivity index (χ1v) is 6.37. The van der Waals surface area contributed by atoms with Gasteiger partial charge in [0, 0.05) is 10.7 Å². The highest BCUT2D eigenvalue weighted by atomic mass is 35.5. The molecule has 0 radical (unpaired) electrons. The Labute approximate surface area is 117 Å². The van der Waals surface area contributed by atoms with Crippen LogP contribution in [0.15, 0.2) is 48.5 Å². The summed E-state index contributed by atoms with van der Waals surface area (Å²) in [5.41, 5.74) is 1.16. The van der Waals surface area contributed by atoms with Crippen LogP contribution in [-0.4, -0.2) is 12.5 Å². The van der Waals surface area contributed by atoms with Gasteiger partial charge in [0.1, 0.15) is 5.75 Å². The molecule has 2 aromatic rings. The highest BCUT2D eigenvalue weighted by Gasteiger charge is 2.11. The van der Waals surface area contributed by atoms with E-state index in [9.17, 15) is 4.79 Å². The Morgan fingerprint density at radius 3 is 2.74 bits per heavy atom. The van der Waals surface area contributed by atoms with Crippen molar-refractivity contribution in [3.63, 3.8) is 0 Å². The lowest BCUT2D eigenvalue weighted by atomic mass is 10.2. The molecule has 3 nitrogen and oxygen atoms in total. The van der Waals surface area contributed by atoms with E-state index in [2.05, 4.69) is 5.32 Å². The van der Waals surface area contributed by atoms with Gasteiger partial charge in [0.15, 0.2) is 0 Å². The predicted molar refractivity (Wildman–Crippen MR) is 77.0 cm³/mol. The molecule has 98 valence electrons. The Kier molecular flexibility index (Phi) is 4.42. The van der Waals surface area contributed by atoms with Crippen LogP contribution in [-0.2, 0) is 0 Å². The van der Waals surface area contributed by atoms with Crippen molar-refractivity contribution >= 4 is 23.2 Å². The number of hydrogen-bond donors (Lipinski definition) is 1. The molecule has 0 heterocycles. The number of halogens is 1. The molecule has 2 rings (SSSR count). The van der Waals surface area contributed by atoms with Crippen molar-refractivity contribution in [1.29, 1.82) is 0 Å². The number of hydrogen-bond acceptors (Lipinski definition) is 2. The van der Waals surface area contributed by atoms with E-state index in [-0.39, 0.29) is 5.91 Å². The van der Waals surface area contributed by atoms with Crippen LogP contribution in [0.25, 0.3) is 0 Å². The molecule has 0 saturated heterocycles. The Morgan fingerprint density at radius 1 is 1.21 bits per heavy atom. The molecule has 0 aliphatic carbocycles. The average molecular weight is 276 g/mol. The van der Waals surface area contributed by atoms with Gasteiger partial charge in [0.05, 0.1) is 12.2 Å². The highest BCUT2D eigenvalue weighted by Crippen LogP contribution is 2.21. The van der Waals surface area contributed by atoms with Crippen LogP contribution in [0.2, 0.25) is 5.02 Å². The summed E-state index contributed by atoms with van der Waals surface area (Å²) in [6.07, 6.45) is 0. The van der Waals surface area contributed by atoms with E-state index in [0.717, 1.165) is 0 Å². The fourth-order valence-corrected chi connectivity index (χ4v) is 1.89. The maximum absolute atomic E-state index is 12.2. The van der Waals surface area contributed by atoms with E-state index < -0.39 is 0 Å². The number of ether oxygens (including phenoxy) is 1. The van der Waals surface area contributed by atoms with Crippen molar-refractivity contribution in [2.45, 2.75) is 6.92 Å². The minimum atomic E-state index is -0.216. The summed E-state index contributed by atoms with van der Waals surface area (Å²) < 4.78 is 5.43. The second-order valence-corrected chi connectivity index (χ2v) is 4.33. The zero-order chi connectivity index (χ0) is 13.7. The van der Waals surface area contributed by atoms with Crippen molar-refractivity contribution in [3.05, 3.63) is 59.1 Å². The molecule has 0 atom stereocenters. The van der Waals surface area contributed by atoms with E-state index in [1.165, 1.54) is 0 Å². The summed E-state index contributed by atoms with van der Waals surface area (Å²) in [6.45, 7) is 2.40. The maximum atomic E-state index is 12.2. The van der Waals surface area contributed by atoms with E-state index in [4.69, 9.17) is 16.3 Å². The number of nitrogens with one attached hydrogen (secondary N) is 1. The highest BCUT2D eigenvalue weighted by molar-refractivity contribution is 6.31. The third kappa shape index (κ3) is 3.48. The molecular weight excluding hydrogens is 262 g/mol. The van der Waals surface area contributed by atoms with E-state index >= 15 is 0 Å². The molecular formula is C15H14ClNO2. The maximum Gasteiger partial charge on any atom is 0.259 e. The lowest BCUT2D eigenvalue weighted by Gasteiger charge is -2.10. The van der Waals surface area contributed by atoms with Crippen LogP contribution in [0, 0.1) is 0 Å². The summed E-state index contributed by atoms with van der Waals surface area (Å²) in [5.74, 6) is 0.357. The van der Waals surface area contributed by atoms with E-state index in [1.54, 1.807) is 42.5 Å². The van der Waals surface area contributed by atoms with Crippen LogP contribution >= 0.6 is 11.6 Å². The molecule has 0 saturated carbocycles. The van der Waals surface area contributed by atoms with E-state index in [0.29, 0.717) is 28.6 Å². The number of carbonyl (C=O) groups excluding carboxylic acids is 1. The Bertz CT molecular complexity index is 584. The smallest absolute Gasteiger partial charge is 0.259 e. The quantitative estimate of drug-likeness (QED) is 0.916. The number of amides is 1. The summed E-state index contributed by atoms with van der Waals surface area (Å²) in [6, 6.07) is 14.2. The van der Waals surface area contributed by atoms with Crippen LogP contribution in [0.4, 0.5) is 5.69 Å². The third-order valence-electron chi connectivity index (χ3n) is 2.51. The molecule has 4 heteroatoms. The van der Waals surface area contributed by atoms with Gasteiger partial charge in [-0.1, -0.05) is 29.8 Å². The largest absolute Gasteiger partial charge is 0.493 e. The second-order valence-electron chi connectivity index (χ2n) is 3.89. The second kappa shape index (κ2) is 6.25. The van der Waals surface area contributed by atoms with Crippen molar-refractivity contribution in [2.24, 2.45) is 0 Å². The first-order chi connectivity index (χ1) is 9.20. The molecule has 2 aromatic carbocycles. The van der Waals surface area contributed by atoms with Gasteiger partial charge in [-0.25, -0.2) is 0 Å². The van der Waals surface area contributed by atoms with Crippen molar-refractivity contribution in [1.82, 2.24) is 0 Å². The predicted octanol–water partition coefficient (Wildman–Crippen LogP) is 3.99. The SMILES string of the molecule is CCOc1ccccc1C(=O)Nc1cccc(Cl)c1. The van der Waals surface area contributed by atoms with Crippen LogP contribution in [0.5, 0.6) is 5.75 Å². The third-order valence-corrected chi connectivity index (χ3v) is 2.75. The minimum Gasteiger partial charge on any atom is -0.493 e. The van der Waals surface area contributed by atoms with E-state index in [1.807, 2.05) is 13.0 Å². The molecule has 1 amide bonds. The fourth-order valence-electron chi connectivity index (χ4n) is 1.70. The molecule has 0 spiro atoms. The number of anilines is 1. The van der Waals surface area contributed by atoms with Gasteiger partial charge < -0.3 is 10.1 Å². The lowest BCUT2D eigenvalue weighted by Crippen LogP contribution is -2.13. The van der Waals surface area contributed by atoms with Crippen LogP contribution in [0.3, 0.4) is 0 Å².